The van der Waals surface area contributed by atoms with Crippen molar-refractivity contribution in [2.75, 3.05) is 31.1 Å². The molecular formula is C14H26N2O2S2. The van der Waals surface area contributed by atoms with E-state index in [0.717, 1.165) is 31.8 Å². The van der Waals surface area contributed by atoms with Crippen LogP contribution in [0.3, 0.4) is 0 Å². The summed E-state index contributed by atoms with van der Waals surface area (Å²) in [5.74, 6) is 1.04. The monoisotopic (exact) mass is 318 g/mol. The number of aliphatic carboxylic acids is 1. The average Bonchev–Trinajstić information content (AvgIpc) is 2.89. The van der Waals surface area contributed by atoms with Gasteiger partial charge in [-0.2, -0.15) is 0 Å². The standard InChI is InChI=1S/C14H26N2O2S2/c17-13(18)12-10-20-19-9-3-7-15-8-6-14(11-16-12)4-1-2-5-14/h12,15-16H,1-11H2,(H,17,18). The zero-order valence-corrected chi connectivity index (χ0v) is 13.7. The van der Waals surface area contributed by atoms with Gasteiger partial charge >= 0.3 is 5.97 Å². The van der Waals surface area contributed by atoms with Crippen molar-refractivity contribution in [1.29, 1.82) is 0 Å². The molecule has 0 amide bonds. The van der Waals surface area contributed by atoms with Gasteiger partial charge in [-0.1, -0.05) is 34.4 Å². The van der Waals surface area contributed by atoms with Gasteiger partial charge in [0.1, 0.15) is 6.04 Å². The van der Waals surface area contributed by atoms with E-state index in [1.54, 1.807) is 21.6 Å². The summed E-state index contributed by atoms with van der Waals surface area (Å²) >= 11 is 0. The van der Waals surface area contributed by atoms with Gasteiger partial charge in [-0.3, -0.25) is 4.79 Å². The minimum atomic E-state index is -0.709. The van der Waals surface area contributed by atoms with Crippen molar-refractivity contribution in [3.05, 3.63) is 0 Å². The topological polar surface area (TPSA) is 61.4 Å². The van der Waals surface area contributed by atoms with Crippen molar-refractivity contribution < 1.29 is 9.90 Å². The van der Waals surface area contributed by atoms with Gasteiger partial charge < -0.3 is 15.7 Å². The van der Waals surface area contributed by atoms with E-state index in [0.29, 0.717) is 11.2 Å². The van der Waals surface area contributed by atoms with Crippen LogP contribution in [0.5, 0.6) is 0 Å². The van der Waals surface area contributed by atoms with E-state index in [4.69, 9.17) is 0 Å². The SMILES string of the molecule is O=C(O)C1CSSCCCNCCC2(CCCC2)CN1. The molecule has 2 aliphatic rings. The zero-order chi connectivity index (χ0) is 14.3. The summed E-state index contributed by atoms with van der Waals surface area (Å²) in [5.41, 5.74) is 0.326. The molecule has 20 heavy (non-hydrogen) atoms. The smallest absolute Gasteiger partial charge is 0.321 e. The van der Waals surface area contributed by atoms with Crippen LogP contribution >= 0.6 is 21.6 Å². The van der Waals surface area contributed by atoms with Crippen LogP contribution in [0, 0.1) is 5.41 Å². The lowest BCUT2D eigenvalue weighted by atomic mass is 9.82. The predicted molar refractivity (Wildman–Crippen MR) is 87.3 cm³/mol. The van der Waals surface area contributed by atoms with Crippen molar-refractivity contribution in [1.82, 2.24) is 10.6 Å². The number of carboxylic acid groups (broad SMARTS) is 1. The van der Waals surface area contributed by atoms with Gasteiger partial charge in [-0.15, -0.1) is 0 Å². The highest BCUT2D eigenvalue weighted by Crippen LogP contribution is 2.40. The van der Waals surface area contributed by atoms with Crippen molar-refractivity contribution in [2.24, 2.45) is 5.41 Å². The number of carboxylic acids is 1. The molecule has 1 unspecified atom stereocenters. The molecule has 2 fully saturated rings. The van der Waals surface area contributed by atoms with Crippen LogP contribution in [-0.4, -0.2) is 48.3 Å². The van der Waals surface area contributed by atoms with E-state index in [-0.39, 0.29) is 0 Å². The average molecular weight is 319 g/mol. The van der Waals surface area contributed by atoms with Crippen LogP contribution in [0.1, 0.15) is 38.5 Å². The molecule has 6 heteroatoms. The minimum absolute atomic E-state index is 0.326. The van der Waals surface area contributed by atoms with E-state index >= 15 is 0 Å². The molecule has 116 valence electrons. The summed E-state index contributed by atoms with van der Waals surface area (Å²) in [6.45, 7) is 3.01. The first-order chi connectivity index (χ1) is 9.72. The third-order valence-corrected chi connectivity index (χ3v) is 6.92. The van der Waals surface area contributed by atoms with E-state index in [2.05, 4.69) is 10.6 Å². The Hall–Kier alpha value is 0.0900. The molecule has 1 aliphatic heterocycles. The first-order valence-electron chi connectivity index (χ1n) is 7.63. The number of carbonyl (C=O) groups is 1. The van der Waals surface area contributed by atoms with E-state index in [1.807, 2.05) is 0 Å². The van der Waals surface area contributed by atoms with Crippen LogP contribution in [0.15, 0.2) is 0 Å². The molecule has 1 aliphatic carbocycles. The molecule has 0 aromatic heterocycles. The van der Waals surface area contributed by atoms with Gasteiger partial charge in [0, 0.05) is 18.1 Å². The minimum Gasteiger partial charge on any atom is -0.480 e. The fourth-order valence-corrected chi connectivity index (χ4v) is 5.38. The Morgan fingerprint density at radius 3 is 2.65 bits per heavy atom. The Labute approximate surface area is 129 Å². The van der Waals surface area contributed by atoms with Gasteiger partial charge in [-0.05, 0) is 44.2 Å². The normalized spacial score (nSPS) is 29.3. The fourth-order valence-electron chi connectivity index (χ4n) is 3.11. The van der Waals surface area contributed by atoms with Crippen LogP contribution < -0.4 is 10.6 Å². The summed E-state index contributed by atoms with van der Waals surface area (Å²) in [7, 11) is 3.48. The molecule has 0 radical (unpaired) electrons. The third-order valence-electron chi connectivity index (χ3n) is 4.42. The molecule has 0 aromatic carbocycles. The first kappa shape index (κ1) is 16.5. The molecule has 3 N–H and O–H groups in total. The molecule has 1 saturated heterocycles. The van der Waals surface area contributed by atoms with Crippen molar-refractivity contribution >= 4 is 27.6 Å². The first-order valence-corrected chi connectivity index (χ1v) is 10.1. The molecule has 1 saturated carbocycles. The summed E-state index contributed by atoms with van der Waals surface area (Å²) in [6, 6.07) is -0.404. The lowest BCUT2D eigenvalue weighted by Crippen LogP contribution is -2.45. The van der Waals surface area contributed by atoms with Gasteiger partial charge in [0.25, 0.3) is 0 Å². The Balaban J connectivity index is 1.94. The molecular weight excluding hydrogens is 292 g/mol. The number of hydrogen-bond donors (Lipinski definition) is 3. The molecule has 1 spiro atoms. The van der Waals surface area contributed by atoms with E-state index in [1.165, 1.54) is 32.1 Å². The molecule has 1 heterocycles. The maximum Gasteiger partial charge on any atom is 0.321 e. The maximum atomic E-state index is 11.3. The second-order valence-electron chi connectivity index (χ2n) is 5.94. The lowest BCUT2D eigenvalue weighted by molar-refractivity contribution is -0.138. The van der Waals surface area contributed by atoms with Gasteiger partial charge in [0.15, 0.2) is 0 Å². The molecule has 4 nitrogen and oxygen atoms in total. The molecule has 0 aromatic rings. The summed E-state index contributed by atoms with van der Waals surface area (Å²) in [6.07, 6.45) is 7.42. The number of hydrogen-bond acceptors (Lipinski definition) is 5. The number of rotatable bonds is 1. The molecule has 1 atom stereocenters. The summed E-state index contributed by atoms with van der Waals surface area (Å²) in [4.78, 5) is 11.3. The van der Waals surface area contributed by atoms with Crippen LogP contribution in [0.4, 0.5) is 0 Å². The Bertz CT molecular complexity index is 310. The third kappa shape index (κ3) is 5.13. The quantitative estimate of drug-likeness (QED) is 0.645. The molecule has 2 rings (SSSR count). The lowest BCUT2D eigenvalue weighted by Gasteiger charge is -2.31. The predicted octanol–water partition coefficient (Wildman–Crippen LogP) is 2.35. The Morgan fingerprint density at radius 2 is 1.90 bits per heavy atom. The van der Waals surface area contributed by atoms with Crippen molar-refractivity contribution in [3.8, 4) is 0 Å². The molecule has 0 bridgehead atoms. The number of nitrogens with one attached hydrogen (secondary N) is 2. The zero-order valence-electron chi connectivity index (χ0n) is 12.0. The highest BCUT2D eigenvalue weighted by molar-refractivity contribution is 8.76. The Kier molecular flexibility index (Phi) is 7.01. The highest BCUT2D eigenvalue weighted by atomic mass is 33.1. The van der Waals surface area contributed by atoms with Gasteiger partial charge in [0.05, 0.1) is 0 Å². The van der Waals surface area contributed by atoms with Crippen molar-refractivity contribution in [2.45, 2.75) is 44.6 Å². The summed E-state index contributed by atoms with van der Waals surface area (Å²) in [5, 5.41) is 16.2. The maximum absolute atomic E-state index is 11.3. The fraction of sp³-hybridized carbons (Fsp3) is 0.929. The highest BCUT2D eigenvalue weighted by Gasteiger charge is 2.34. The second kappa shape index (κ2) is 8.51. The van der Waals surface area contributed by atoms with Crippen LogP contribution in [0.2, 0.25) is 0 Å². The van der Waals surface area contributed by atoms with E-state index in [9.17, 15) is 9.90 Å². The van der Waals surface area contributed by atoms with Crippen LogP contribution in [0.25, 0.3) is 0 Å². The van der Waals surface area contributed by atoms with E-state index < -0.39 is 12.0 Å². The summed E-state index contributed by atoms with van der Waals surface area (Å²) < 4.78 is 0. The largest absolute Gasteiger partial charge is 0.480 e. The van der Waals surface area contributed by atoms with Crippen molar-refractivity contribution in [3.63, 3.8) is 0 Å². The van der Waals surface area contributed by atoms with Gasteiger partial charge in [-0.25, -0.2) is 0 Å². The van der Waals surface area contributed by atoms with Crippen LogP contribution in [-0.2, 0) is 4.79 Å². The second-order valence-corrected chi connectivity index (χ2v) is 8.57. The Morgan fingerprint density at radius 1 is 1.10 bits per heavy atom. The van der Waals surface area contributed by atoms with Gasteiger partial charge in [0.2, 0.25) is 0 Å².